The van der Waals surface area contributed by atoms with Crippen LogP contribution in [0.3, 0.4) is 0 Å². The quantitative estimate of drug-likeness (QED) is 0.618. The van der Waals surface area contributed by atoms with Crippen LogP contribution in [0, 0.1) is 0 Å². The number of nitrogens with zero attached hydrogens (tertiary/aromatic N) is 5. The third kappa shape index (κ3) is 3.07. The summed E-state index contributed by atoms with van der Waals surface area (Å²) in [5.74, 6) is -0.951. The second-order valence-electron chi connectivity index (χ2n) is 5.55. The van der Waals surface area contributed by atoms with Crippen LogP contribution in [-0.4, -0.2) is 36.0 Å². The lowest BCUT2D eigenvalue weighted by Gasteiger charge is -2.02. The summed E-state index contributed by atoms with van der Waals surface area (Å²) in [5.41, 5.74) is 3.96. The van der Waals surface area contributed by atoms with Gasteiger partial charge in [-0.3, -0.25) is 4.98 Å². The largest absolute Gasteiger partial charge is 0.478 e. The molecule has 0 fully saturated rings. The molecule has 25 heavy (non-hydrogen) atoms. The second-order valence-corrected chi connectivity index (χ2v) is 5.55. The highest BCUT2D eigenvalue weighted by Gasteiger charge is 2.09. The van der Waals surface area contributed by atoms with Crippen LogP contribution < -0.4 is 0 Å². The van der Waals surface area contributed by atoms with Crippen molar-refractivity contribution < 1.29 is 9.90 Å². The number of rotatable bonds is 4. The molecule has 0 spiro atoms. The molecule has 0 saturated heterocycles. The van der Waals surface area contributed by atoms with Gasteiger partial charge in [-0.05, 0) is 29.8 Å². The maximum Gasteiger partial charge on any atom is 0.335 e. The molecule has 0 aliphatic carbocycles. The zero-order chi connectivity index (χ0) is 17.2. The number of aromatic nitrogens is 5. The maximum absolute atomic E-state index is 11.1. The van der Waals surface area contributed by atoms with Gasteiger partial charge < -0.3 is 5.11 Å². The van der Waals surface area contributed by atoms with Gasteiger partial charge in [0.05, 0.1) is 35.5 Å². The standard InChI is InChI=1S/C18H13N5O2/c24-18(25)13-5-3-4-12(8-13)10-23-11-17(21-22-23)16-9-19-14-6-1-2-7-15(14)20-16/h1-9,11H,10H2,(H,24,25). The van der Waals surface area contributed by atoms with Gasteiger partial charge in [0.15, 0.2) is 0 Å². The van der Waals surface area contributed by atoms with Gasteiger partial charge in [0.1, 0.15) is 11.4 Å². The Labute approximate surface area is 142 Å². The fourth-order valence-electron chi connectivity index (χ4n) is 2.56. The summed E-state index contributed by atoms with van der Waals surface area (Å²) in [4.78, 5) is 20.0. The smallest absolute Gasteiger partial charge is 0.335 e. The molecule has 2 aromatic heterocycles. The summed E-state index contributed by atoms with van der Waals surface area (Å²) in [7, 11) is 0. The summed E-state index contributed by atoms with van der Waals surface area (Å²) in [6.45, 7) is 0.426. The lowest BCUT2D eigenvalue weighted by molar-refractivity contribution is 0.0696. The minimum absolute atomic E-state index is 0.248. The van der Waals surface area contributed by atoms with E-state index in [1.807, 2.05) is 30.3 Å². The fraction of sp³-hybridized carbons (Fsp3) is 0.0556. The molecule has 1 N–H and O–H groups in total. The Morgan fingerprint density at radius 3 is 2.72 bits per heavy atom. The molecule has 0 unspecified atom stereocenters. The monoisotopic (exact) mass is 331 g/mol. The Balaban J connectivity index is 1.61. The molecule has 0 saturated carbocycles. The average molecular weight is 331 g/mol. The van der Waals surface area contributed by atoms with E-state index in [0.29, 0.717) is 17.9 Å². The molecule has 122 valence electrons. The van der Waals surface area contributed by atoms with E-state index in [1.165, 1.54) is 0 Å². The predicted molar refractivity (Wildman–Crippen MR) is 91.1 cm³/mol. The number of carboxylic acid groups (broad SMARTS) is 1. The highest BCUT2D eigenvalue weighted by atomic mass is 16.4. The second kappa shape index (κ2) is 6.12. The van der Waals surface area contributed by atoms with E-state index in [-0.39, 0.29) is 5.56 Å². The lowest BCUT2D eigenvalue weighted by atomic mass is 10.1. The predicted octanol–water partition coefficient (Wildman–Crippen LogP) is 2.63. The number of aromatic carboxylic acids is 1. The van der Waals surface area contributed by atoms with Crippen LogP contribution >= 0.6 is 0 Å². The van der Waals surface area contributed by atoms with Gasteiger partial charge in [0.25, 0.3) is 0 Å². The van der Waals surface area contributed by atoms with Crippen molar-refractivity contribution in [3.63, 3.8) is 0 Å². The normalized spacial score (nSPS) is 10.9. The van der Waals surface area contributed by atoms with E-state index in [0.717, 1.165) is 16.6 Å². The highest BCUT2D eigenvalue weighted by molar-refractivity contribution is 5.87. The Hall–Kier alpha value is -3.61. The van der Waals surface area contributed by atoms with Gasteiger partial charge in [-0.1, -0.05) is 29.5 Å². The molecule has 0 radical (unpaired) electrons. The van der Waals surface area contributed by atoms with Crippen molar-refractivity contribution >= 4 is 17.0 Å². The third-order valence-electron chi connectivity index (χ3n) is 3.77. The first-order valence-electron chi connectivity index (χ1n) is 7.63. The SMILES string of the molecule is O=C(O)c1cccc(Cn2cc(-c3cnc4ccccc4n3)nn2)c1. The number of carboxylic acids is 1. The number of benzene rings is 2. The Bertz CT molecular complexity index is 1070. The molecule has 4 rings (SSSR count). The van der Waals surface area contributed by atoms with Gasteiger partial charge in [0, 0.05) is 0 Å². The van der Waals surface area contributed by atoms with Gasteiger partial charge in [-0.2, -0.15) is 0 Å². The lowest BCUT2D eigenvalue weighted by Crippen LogP contribution is -2.03. The van der Waals surface area contributed by atoms with Crippen LogP contribution in [-0.2, 0) is 6.54 Å². The van der Waals surface area contributed by atoms with E-state index in [1.54, 1.807) is 35.3 Å². The van der Waals surface area contributed by atoms with E-state index in [9.17, 15) is 4.79 Å². The summed E-state index contributed by atoms with van der Waals surface area (Å²) in [6, 6.07) is 14.4. The van der Waals surface area contributed by atoms with Crippen molar-refractivity contribution in [1.82, 2.24) is 25.0 Å². The van der Waals surface area contributed by atoms with Crippen LogP contribution in [0.15, 0.2) is 60.9 Å². The minimum atomic E-state index is -0.951. The fourth-order valence-corrected chi connectivity index (χ4v) is 2.56. The van der Waals surface area contributed by atoms with Crippen molar-refractivity contribution in [3.8, 4) is 11.4 Å². The first-order chi connectivity index (χ1) is 12.2. The Morgan fingerprint density at radius 1 is 1.04 bits per heavy atom. The van der Waals surface area contributed by atoms with Crippen LogP contribution in [0.25, 0.3) is 22.4 Å². The molecule has 0 aliphatic rings. The molecular weight excluding hydrogens is 318 g/mol. The molecule has 2 heterocycles. The molecule has 0 bridgehead atoms. The van der Waals surface area contributed by atoms with E-state index in [2.05, 4.69) is 20.3 Å². The van der Waals surface area contributed by atoms with E-state index in [4.69, 9.17) is 5.11 Å². The Kier molecular flexibility index (Phi) is 3.66. The molecule has 0 amide bonds. The first kappa shape index (κ1) is 14.9. The van der Waals surface area contributed by atoms with Crippen molar-refractivity contribution in [2.24, 2.45) is 0 Å². The highest BCUT2D eigenvalue weighted by Crippen LogP contribution is 2.17. The zero-order valence-electron chi connectivity index (χ0n) is 13.1. The number of hydrogen-bond acceptors (Lipinski definition) is 5. The third-order valence-corrected chi connectivity index (χ3v) is 3.77. The topological polar surface area (TPSA) is 93.8 Å². The number of carbonyl (C=O) groups is 1. The van der Waals surface area contributed by atoms with Crippen LogP contribution in [0.4, 0.5) is 0 Å². The zero-order valence-corrected chi connectivity index (χ0v) is 13.1. The minimum Gasteiger partial charge on any atom is -0.478 e. The first-order valence-corrected chi connectivity index (χ1v) is 7.63. The number of fused-ring (bicyclic) bond motifs is 1. The van der Waals surface area contributed by atoms with Crippen molar-refractivity contribution in [2.45, 2.75) is 6.54 Å². The van der Waals surface area contributed by atoms with Gasteiger partial charge >= 0.3 is 5.97 Å². The Morgan fingerprint density at radius 2 is 1.88 bits per heavy atom. The van der Waals surface area contributed by atoms with E-state index >= 15 is 0 Å². The van der Waals surface area contributed by atoms with Crippen LogP contribution in [0.5, 0.6) is 0 Å². The molecule has 7 heteroatoms. The summed E-state index contributed by atoms with van der Waals surface area (Å²) < 4.78 is 1.65. The molecule has 2 aromatic carbocycles. The molecule has 7 nitrogen and oxygen atoms in total. The molecular formula is C18H13N5O2. The molecule has 0 atom stereocenters. The van der Waals surface area contributed by atoms with Gasteiger partial charge in [-0.15, -0.1) is 5.10 Å². The number of hydrogen-bond donors (Lipinski definition) is 1. The maximum atomic E-state index is 11.1. The summed E-state index contributed by atoms with van der Waals surface area (Å²) >= 11 is 0. The molecule has 0 aliphatic heterocycles. The van der Waals surface area contributed by atoms with E-state index < -0.39 is 5.97 Å². The van der Waals surface area contributed by atoms with Gasteiger partial charge in [0.2, 0.25) is 0 Å². The van der Waals surface area contributed by atoms with Crippen LogP contribution in [0.1, 0.15) is 15.9 Å². The molecule has 4 aromatic rings. The summed E-state index contributed by atoms with van der Waals surface area (Å²) in [6.07, 6.45) is 3.44. The summed E-state index contributed by atoms with van der Waals surface area (Å²) in [5, 5.41) is 17.3. The number of para-hydroxylation sites is 2. The van der Waals surface area contributed by atoms with Gasteiger partial charge in [-0.25, -0.2) is 14.5 Å². The van der Waals surface area contributed by atoms with Crippen molar-refractivity contribution in [3.05, 3.63) is 72.1 Å². The van der Waals surface area contributed by atoms with Crippen LogP contribution in [0.2, 0.25) is 0 Å². The van der Waals surface area contributed by atoms with Crippen molar-refractivity contribution in [1.29, 1.82) is 0 Å². The average Bonchev–Trinajstić information content (AvgIpc) is 3.10. The van der Waals surface area contributed by atoms with Crippen molar-refractivity contribution in [2.75, 3.05) is 0 Å².